The minimum absolute atomic E-state index is 0.525. The van der Waals surface area contributed by atoms with Crippen LogP contribution in [0.2, 0.25) is 0 Å². The molecule has 0 amide bonds. The van der Waals surface area contributed by atoms with Gasteiger partial charge in [0.15, 0.2) is 11.5 Å². The summed E-state index contributed by atoms with van der Waals surface area (Å²) >= 11 is 1.70. The van der Waals surface area contributed by atoms with Crippen molar-refractivity contribution in [1.29, 1.82) is 0 Å². The van der Waals surface area contributed by atoms with E-state index in [9.17, 15) is 0 Å². The second kappa shape index (κ2) is 3.94. The second-order valence-electron chi connectivity index (χ2n) is 3.89. The molecule has 0 radical (unpaired) electrons. The zero-order chi connectivity index (χ0) is 11.8. The van der Waals surface area contributed by atoms with Crippen molar-refractivity contribution in [2.75, 3.05) is 0 Å². The van der Waals surface area contributed by atoms with Crippen LogP contribution in [0.15, 0.2) is 30.5 Å². The molecule has 0 unspecified atom stereocenters. The SMILES string of the molecule is Cc1ccc(-c2nc3cc(CN)ccn3n2)s1. The molecule has 0 atom stereocenters. The Morgan fingerprint density at radius 1 is 1.35 bits per heavy atom. The molecule has 2 N–H and O–H groups in total. The molecule has 4 nitrogen and oxygen atoms in total. The molecule has 0 spiro atoms. The molecule has 3 heterocycles. The minimum Gasteiger partial charge on any atom is -0.326 e. The average Bonchev–Trinajstić information content (AvgIpc) is 2.93. The molecular weight excluding hydrogens is 232 g/mol. The first kappa shape index (κ1) is 10.4. The highest BCUT2D eigenvalue weighted by molar-refractivity contribution is 7.15. The summed E-state index contributed by atoms with van der Waals surface area (Å²) in [5.74, 6) is 0.775. The van der Waals surface area contributed by atoms with Crippen LogP contribution in [-0.4, -0.2) is 14.6 Å². The standard InChI is InChI=1S/C12H12N4S/c1-8-2-3-10(17-8)12-14-11-6-9(7-13)4-5-16(11)15-12/h2-6H,7,13H2,1H3. The van der Waals surface area contributed by atoms with Gasteiger partial charge in [-0.05, 0) is 36.8 Å². The highest BCUT2D eigenvalue weighted by Crippen LogP contribution is 2.25. The van der Waals surface area contributed by atoms with Gasteiger partial charge in [-0.1, -0.05) is 0 Å². The van der Waals surface area contributed by atoms with Gasteiger partial charge in [0.25, 0.3) is 0 Å². The first-order valence-corrected chi connectivity index (χ1v) is 6.20. The van der Waals surface area contributed by atoms with E-state index >= 15 is 0 Å². The van der Waals surface area contributed by atoms with Crippen LogP contribution in [0.1, 0.15) is 10.4 Å². The highest BCUT2D eigenvalue weighted by atomic mass is 32.1. The lowest BCUT2D eigenvalue weighted by atomic mass is 10.3. The van der Waals surface area contributed by atoms with Crippen LogP contribution in [-0.2, 0) is 6.54 Å². The predicted octanol–water partition coefficient (Wildman–Crippen LogP) is 2.22. The molecule has 5 heteroatoms. The number of nitrogens with two attached hydrogens (primary N) is 1. The number of hydrogen-bond acceptors (Lipinski definition) is 4. The monoisotopic (exact) mass is 244 g/mol. The molecule has 0 fully saturated rings. The van der Waals surface area contributed by atoms with E-state index in [0.717, 1.165) is 21.9 Å². The lowest BCUT2D eigenvalue weighted by molar-refractivity contribution is 0.952. The van der Waals surface area contributed by atoms with Crippen LogP contribution in [0.25, 0.3) is 16.3 Å². The summed E-state index contributed by atoms with van der Waals surface area (Å²) < 4.78 is 1.78. The molecule has 0 aliphatic carbocycles. The Hall–Kier alpha value is -1.72. The molecule has 86 valence electrons. The van der Waals surface area contributed by atoms with Crippen LogP contribution in [0.4, 0.5) is 0 Å². The Morgan fingerprint density at radius 3 is 2.94 bits per heavy atom. The van der Waals surface area contributed by atoms with Crippen molar-refractivity contribution in [3.63, 3.8) is 0 Å². The smallest absolute Gasteiger partial charge is 0.192 e. The van der Waals surface area contributed by atoms with Crippen molar-refractivity contribution >= 4 is 17.0 Å². The molecular formula is C12H12N4S. The lowest BCUT2D eigenvalue weighted by Crippen LogP contribution is -1.97. The summed E-state index contributed by atoms with van der Waals surface area (Å²) in [5.41, 5.74) is 7.52. The maximum Gasteiger partial charge on any atom is 0.192 e. The van der Waals surface area contributed by atoms with Gasteiger partial charge >= 0.3 is 0 Å². The fourth-order valence-corrected chi connectivity index (χ4v) is 2.51. The Kier molecular flexibility index (Phi) is 2.42. The van der Waals surface area contributed by atoms with Crippen molar-refractivity contribution < 1.29 is 0 Å². The van der Waals surface area contributed by atoms with Gasteiger partial charge in [-0.3, -0.25) is 0 Å². The molecule has 3 aromatic rings. The summed E-state index contributed by atoms with van der Waals surface area (Å²) in [6, 6.07) is 8.07. The average molecular weight is 244 g/mol. The fraction of sp³-hybridized carbons (Fsp3) is 0.167. The van der Waals surface area contributed by atoms with Gasteiger partial charge in [0.1, 0.15) is 0 Å². The lowest BCUT2D eigenvalue weighted by Gasteiger charge is -1.94. The molecule has 0 saturated heterocycles. The largest absolute Gasteiger partial charge is 0.326 e. The third kappa shape index (κ3) is 1.83. The Bertz CT molecular complexity index is 668. The first-order chi connectivity index (χ1) is 8.26. The fourth-order valence-electron chi connectivity index (χ4n) is 1.71. The van der Waals surface area contributed by atoms with Crippen molar-refractivity contribution in [2.24, 2.45) is 5.73 Å². The number of pyridine rings is 1. The van der Waals surface area contributed by atoms with Gasteiger partial charge in [0.2, 0.25) is 0 Å². The maximum absolute atomic E-state index is 5.61. The zero-order valence-electron chi connectivity index (χ0n) is 9.42. The number of fused-ring (bicyclic) bond motifs is 1. The third-order valence-electron chi connectivity index (χ3n) is 2.60. The van der Waals surface area contributed by atoms with Crippen LogP contribution in [0.5, 0.6) is 0 Å². The number of thiophene rings is 1. The number of hydrogen-bond donors (Lipinski definition) is 1. The quantitative estimate of drug-likeness (QED) is 0.752. The van der Waals surface area contributed by atoms with Crippen molar-refractivity contribution in [2.45, 2.75) is 13.5 Å². The van der Waals surface area contributed by atoms with Crippen molar-refractivity contribution in [3.8, 4) is 10.7 Å². The maximum atomic E-state index is 5.61. The summed E-state index contributed by atoms with van der Waals surface area (Å²) in [6.45, 7) is 2.60. The third-order valence-corrected chi connectivity index (χ3v) is 3.60. The summed E-state index contributed by atoms with van der Waals surface area (Å²) in [4.78, 5) is 6.87. The highest BCUT2D eigenvalue weighted by Gasteiger charge is 2.08. The predicted molar refractivity (Wildman–Crippen MR) is 68.9 cm³/mol. The number of rotatable bonds is 2. The minimum atomic E-state index is 0.525. The summed E-state index contributed by atoms with van der Waals surface area (Å²) in [6.07, 6.45) is 1.90. The number of aromatic nitrogens is 3. The van der Waals surface area contributed by atoms with E-state index < -0.39 is 0 Å². The summed E-state index contributed by atoms with van der Waals surface area (Å²) in [5, 5.41) is 4.45. The van der Waals surface area contributed by atoms with E-state index in [-0.39, 0.29) is 0 Å². The molecule has 0 aliphatic rings. The second-order valence-corrected chi connectivity index (χ2v) is 5.18. The number of aryl methyl sites for hydroxylation is 1. The van der Waals surface area contributed by atoms with Gasteiger partial charge in [-0.15, -0.1) is 16.4 Å². The molecule has 17 heavy (non-hydrogen) atoms. The van der Waals surface area contributed by atoms with Gasteiger partial charge in [-0.25, -0.2) is 9.50 Å². The van der Waals surface area contributed by atoms with E-state index in [2.05, 4.69) is 29.1 Å². The van der Waals surface area contributed by atoms with E-state index in [0.29, 0.717) is 6.54 Å². The molecule has 3 rings (SSSR count). The van der Waals surface area contributed by atoms with Gasteiger partial charge in [-0.2, -0.15) is 0 Å². The van der Waals surface area contributed by atoms with E-state index in [1.807, 2.05) is 18.3 Å². The Balaban J connectivity index is 2.13. The molecule has 0 saturated carbocycles. The van der Waals surface area contributed by atoms with Crippen molar-refractivity contribution in [1.82, 2.24) is 14.6 Å². The van der Waals surface area contributed by atoms with E-state index in [1.54, 1.807) is 15.9 Å². The number of nitrogens with zero attached hydrogens (tertiary/aromatic N) is 3. The van der Waals surface area contributed by atoms with Gasteiger partial charge in [0, 0.05) is 17.6 Å². The normalized spacial score (nSPS) is 11.2. The Labute approximate surface area is 103 Å². The van der Waals surface area contributed by atoms with Crippen LogP contribution >= 0.6 is 11.3 Å². The van der Waals surface area contributed by atoms with Crippen LogP contribution in [0.3, 0.4) is 0 Å². The molecule has 0 aliphatic heterocycles. The van der Waals surface area contributed by atoms with Crippen LogP contribution < -0.4 is 5.73 Å². The topological polar surface area (TPSA) is 56.2 Å². The first-order valence-electron chi connectivity index (χ1n) is 5.38. The zero-order valence-corrected chi connectivity index (χ0v) is 10.2. The molecule has 0 aromatic carbocycles. The van der Waals surface area contributed by atoms with Crippen molar-refractivity contribution in [3.05, 3.63) is 40.9 Å². The summed E-state index contributed by atoms with van der Waals surface area (Å²) in [7, 11) is 0. The molecule has 3 aromatic heterocycles. The van der Waals surface area contributed by atoms with Gasteiger partial charge < -0.3 is 5.73 Å². The van der Waals surface area contributed by atoms with Gasteiger partial charge in [0.05, 0.1) is 4.88 Å². The molecule has 0 bridgehead atoms. The van der Waals surface area contributed by atoms with Crippen LogP contribution in [0, 0.1) is 6.92 Å². The Morgan fingerprint density at radius 2 is 2.24 bits per heavy atom. The van der Waals surface area contributed by atoms with E-state index in [1.165, 1.54) is 4.88 Å². The van der Waals surface area contributed by atoms with E-state index in [4.69, 9.17) is 5.73 Å².